The third-order valence-corrected chi connectivity index (χ3v) is 1.68. The summed E-state index contributed by atoms with van der Waals surface area (Å²) in [7, 11) is 2.93. The van der Waals surface area contributed by atoms with E-state index < -0.39 is 0 Å². The van der Waals surface area contributed by atoms with Crippen molar-refractivity contribution < 1.29 is 14.4 Å². The van der Waals surface area contributed by atoms with Gasteiger partial charge in [-0.1, -0.05) is 0 Å². The molecule has 1 unspecified atom stereocenters. The van der Waals surface area contributed by atoms with Crippen LogP contribution >= 0.6 is 0 Å². The Hall–Kier alpha value is -0.610. The number of carbonyl (C=O) groups excluding carboxylic acids is 1. The molecule has 0 aromatic rings. The third-order valence-electron chi connectivity index (χ3n) is 1.68. The molecule has 1 atom stereocenters. The van der Waals surface area contributed by atoms with Gasteiger partial charge < -0.3 is 9.57 Å². The second-order valence-electron chi connectivity index (χ2n) is 2.15. The monoisotopic (exact) mass is 145 g/mol. The van der Waals surface area contributed by atoms with Crippen LogP contribution < -0.4 is 0 Å². The van der Waals surface area contributed by atoms with Crippen LogP contribution in [0.4, 0.5) is 0 Å². The summed E-state index contributed by atoms with van der Waals surface area (Å²) in [5, 5.41) is 1.60. The van der Waals surface area contributed by atoms with E-state index >= 15 is 0 Å². The van der Waals surface area contributed by atoms with E-state index in [1.54, 1.807) is 12.2 Å². The summed E-state index contributed by atoms with van der Waals surface area (Å²) in [6.07, 6.45) is 0.834. The van der Waals surface area contributed by atoms with E-state index in [0.717, 1.165) is 13.0 Å². The van der Waals surface area contributed by atoms with Crippen molar-refractivity contribution in [2.24, 2.45) is 0 Å². The van der Waals surface area contributed by atoms with E-state index in [1.165, 1.54) is 7.11 Å². The number of hydrogen-bond donors (Lipinski definition) is 0. The third kappa shape index (κ3) is 1.12. The zero-order chi connectivity index (χ0) is 7.56. The number of methoxy groups -OCH3 is 1. The van der Waals surface area contributed by atoms with Gasteiger partial charge in [0.05, 0.1) is 14.2 Å². The van der Waals surface area contributed by atoms with Gasteiger partial charge in [0.25, 0.3) is 0 Å². The maximum Gasteiger partial charge on any atom is 0.325 e. The molecular formula is C6H11NO3. The Bertz CT molecular complexity index is 135. The van der Waals surface area contributed by atoms with E-state index in [0.29, 0.717) is 0 Å². The van der Waals surface area contributed by atoms with E-state index in [2.05, 4.69) is 4.74 Å². The molecule has 1 aliphatic heterocycles. The summed E-state index contributed by atoms with van der Waals surface area (Å²) < 4.78 is 4.53. The Morgan fingerprint density at radius 1 is 1.60 bits per heavy atom. The molecule has 1 fully saturated rings. The van der Waals surface area contributed by atoms with Crippen molar-refractivity contribution in [3.8, 4) is 0 Å². The largest absolute Gasteiger partial charge is 0.468 e. The summed E-state index contributed by atoms with van der Waals surface area (Å²) >= 11 is 0. The van der Waals surface area contributed by atoms with Crippen molar-refractivity contribution in [1.82, 2.24) is 5.06 Å². The molecule has 0 saturated carbocycles. The van der Waals surface area contributed by atoms with E-state index in [1.807, 2.05) is 0 Å². The summed E-state index contributed by atoms with van der Waals surface area (Å²) in [5.74, 6) is -0.215. The van der Waals surface area contributed by atoms with Gasteiger partial charge in [-0.15, -0.1) is 0 Å². The molecule has 58 valence electrons. The maximum atomic E-state index is 10.8. The minimum atomic E-state index is -0.215. The van der Waals surface area contributed by atoms with Gasteiger partial charge in [-0.3, -0.25) is 4.79 Å². The highest BCUT2D eigenvalue weighted by Crippen LogP contribution is 2.17. The molecule has 1 rings (SSSR count). The summed E-state index contributed by atoms with van der Waals surface area (Å²) in [4.78, 5) is 15.7. The van der Waals surface area contributed by atoms with Crippen molar-refractivity contribution in [1.29, 1.82) is 0 Å². The molecule has 1 heterocycles. The van der Waals surface area contributed by atoms with Gasteiger partial charge in [0.2, 0.25) is 0 Å². The first-order valence-electron chi connectivity index (χ1n) is 3.18. The smallest absolute Gasteiger partial charge is 0.325 e. The highest BCUT2D eigenvalue weighted by atomic mass is 16.7. The molecule has 4 heteroatoms. The number of hydrogen-bond acceptors (Lipinski definition) is 4. The van der Waals surface area contributed by atoms with Crippen molar-refractivity contribution in [3.63, 3.8) is 0 Å². The van der Waals surface area contributed by atoms with Crippen LogP contribution in [0.5, 0.6) is 0 Å². The van der Waals surface area contributed by atoms with Gasteiger partial charge in [-0.05, 0) is 6.42 Å². The second kappa shape index (κ2) is 2.98. The predicted molar refractivity (Wildman–Crippen MR) is 34.1 cm³/mol. The molecular weight excluding hydrogens is 134 g/mol. The molecule has 10 heavy (non-hydrogen) atoms. The normalized spacial score (nSPS) is 25.6. The van der Waals surface area contributed by atoms with Gasteiger partial charge in [-0.25, -0.2) is 0 Å². The second-order valence-corrected chi connectivity index (χ2v) is 2.15. The number of esters is 1. The fourth-order valence-electron chi connectivity index (χ4n) is 0.954. The van der Waals surface area contributed by atoms with Crippen LogP contribution in [0.15, 0.2) is 0 Å². The fraction of sp³-hybridized carbons (Fsp3) is 0.833. The highest BCUT2D eigenvalue weighted by Gasteiger charge is 2.35. The molecule has 1 aliphatic rings. The Balaban J connectivity index is 2.35. The Morgan fingerprint density at radius 2 is 2.30 bits per heavy atom. The molecule has 0 radical (unpaired) electrons. The first-order chi connectivity index (χ1) is 4.79. The zero-order valence-electron chi connectivity index (χ0n) is 6.16. The lowest BCUT2D eigenvalue weighted by molar-refractivity contribution is -0.220. The van der Waals surface area contributed by atoms with Crippen LogP contribution in [-0.2, 0) is 14.4 Å². The molecule has 0 N–H and O–H groups in total. The van der Waals surface area contributed by atoms with Gasteiger partial charge in [0.1, 0.15) is 6.04 Å². The van der Waals surface area contributed by atoms with Crippen LogP contribution in [0.1, 0.15) is 6.42 Å². The average molecular weight is 145 g/mol. The first kappa shape index (κ1) is 7.50. The van der Waals surface area contributed by atoms with Crippen LogP contribution in [0, 0.1) is 0 Å². The summed E-state index contributed by atoms with van der Waals surface area (Å²) in [5.41, 5.74) is 0. The number of nitrogens with zero attached hydrogens (tertiary/aromatic N) is 1. The lowest BCUT2D eigenvalue weighted by Crippen LogP contribution is -2.51. The van der Waals surface area contributed by atoms with E-state index in [-0.39, 0.29) is 12.0 Å². The van der Waals surface area contributed by atoms with Crippen LogP contribution in [0.25, 0.3) is 0 Å². The van der Waals surface area contributed by atoms with Crippen molar-refractivity contribution in [2.45, 2.75) is 12.5 Å². The number of hydroxylamine groups is 2. The average Bonchev–Trinajstić information content (AvgIpc) is 1.86. The predicted octanol–water partition coefficient (Wildman–Crippen LogP) is -0.205. The number of ether oxygens (including phenoxy) is 1. The molecule has 0 aromatic carbocycles. The highest BCUT2D eigenvalue weighted by molar-refractivity contribution is 5.76. The van der Waals surface area contributed by atoms with Crippen LogP contribution in [-0.4, -0.2) is 37.8 Å². The standard InChI is InChI=1S/C6H11NO3/c1-9-6(8)5-3-4-7(5)10-2/h5H,3-4H2,1-2H3. The molecule has 0 amide bonds. The summed E-state index contributed by atoms with van der Waals surface area (Å²) in [6, 6.07) is -0.171. The Labute approximate surface area is 59.7 Å². The summed E-state index contributed by atoms with van der Waals surface area (Å²) in [6.45, 7) is 0.816. The van der Waals surface area contributed by atoms with Gasteiger partial charge in [-0.2, -0.15) is 5.06 Å². The van der Waals surface area contributed by atoms with Gasteiger partial charge >= 0.3 is 5.97 Å². The fourth-order valence-corrected chi connectivity index (χ4v) is 0.954. The van der Waals surface area contributed by atoms with Crippen molar-refractivity contribution >= 4 is 5.97 Å². The van der Waals surface area contributed by atoms with Crippen LogP contribution in [0.3, 0.4) is 0 Å². The quantitative estimate of drug-likeness (QED) is 0.504. The van der Waals surface area contributed by atoms with Gasteiger partial charge in [0.15, 0.2) is 0 Å². The van der Waals surface area contributed by atoms with Gasteiger partial charge in [0, 0.05) is 6.54 Å². The zero-order valence-corrected chi connectivity index (χ0v) is 6.16. The van der Waals surface area contributed by atoms with E-state index in [9.17, 15) is 4.79 Å². The molecule has 0 aliphatic carbocycles. The molecule has 0 aromatic heterocycles. The Morgan fingerprint density at radius 3 is 2.60 bits per heavy atom. The van der Waals surface area contributed by atoms with Crippen molar-refractivity contribution in [2.75, 3.05) is 20.8 Å². The SMILES string of the molecule is COC(=O)C1CCN1OC. The lowest BCUT2D eigenvalue weighted by Gasteiger charge is -2.35. The molecule has 4 nitrogen and oxygen atoms in total. The number of carbonyl (C=O) groups is 1. The maximum absolute atomic E-state index is 10.8. The Kier molecular flexibility index (Phi) is 2.24. The topological polar surface area (TPSA) is 38.8 Å². The lowest BCUT2D eigenvalue weighted by atomic mass is 10.1. The number of rotatable bonds is 2. The van der Waals surface area contributed by atoms with Crippen molar-refractivity contribution in [3.05, 3.63) is 0 Å². The molecule has 1 saturated heterocycles. The van der Waals surface area contributed by atoms with E-state index in [4.69, 9.17) is 4.84 Å². The minimum Gasteiger partial charge on any atom is -0.468 e. The first-order valence-corrected chi connectivity index (χ1v) is 3.18. The minimum absolute atomic E-state index is 0.171. The molecule has 0 bridgehead atoms. The molecule has 0 spiro atoms. The van der Waals surface area contributed by atoms with Crippen LogP contribution in [0.2, 0.25) is 0 Å².